The molecule has 0 radical (unpaired) electrons. The van der Waals surface area contributed by atoms with Crippen LogP contribution in [0.15, 0.2) is 48.5 Å². The fourth-order valence-corrected chi connectivity index (χ4v) is 4.86. The highest BCUT2D eigenvalue weighted by Crippen LogP contribution is 2.56. The van der Waals surface area contributed by atoms with Crippen molar-refractivity contribution in [2.24, 2.45) is 0 Å². The predicted molar refractivity (Wildman–Crippen MR) is 120 cm³/mol. The summed E-state index contributed by atoms with van der Waals surface area (Å²) < 4.78 is 30.1. The Balaban J connectivity index is 1.47. The molecule has 3 heteroatoms. The average molecular weight is 412 g/mol. The summed E-state index contributed by atoms with van der Waals surface area (Å²) in [6.07, 6.45) is 5.00. The highest BCUT2D eigenvalue weighted by molar-refractivity contribution is 5.46. The van der Waals surface area contributed by atoms with Gasteiger partial charge in [-0.2, -0.15) is 0 Å². The van der Waals surface area contributed by atoms with E-state index in [1.807, 2.05) is 18.2 Å². The zero-order valence-electron chi connectivity index (χ0n) is 18.6. The first-order valence-electron chi connectivity index (χ1n) is 11.6. The zero-order valence-corrected chi connectivity index (χ0v) is 18.6. The maximum Gasteiger partial charge on any atom is 0.136 e. The van der Waals surface area contributed by atoms with E-state index in [0.717, 1.165) is 42.5 Å². The molecule has 4 rings (SSSR count). The van der Waals surface area contributed by atoms with Crippen LogP contribution in [0.1, 0.15) is 75.1 Å². The second-order valence-electron chi connectivity index (χ2n) is 9.72. The van der Waals surface area contributed by atoms with Crippen molar-refractivity contribution in [3.05, 3.63) is 70.8 Å². The summed E-state index contributed by atoms with van der Waals surface area (Å²) in [5.74, 6) is 0. The molecule has 1 atom stereocenters. The van der Waals surface area contributed by atoms with E-state index in [1.54, 1.807) is 0 Å². The van der Waals surface area contributed by atoms with E-state index < -0.39 is 11.3 Å². The first-order chi connectivity index (χ1) is 14.3. The van der Waals surface area contributed by atoms with Crippen LogP contribution in [0.3, 0.4) is 0 Å². The largest absolute Gasteiger partial charge is 0.298 e. The highest BCUT2D eigenvalue weighted by atomic mass is 19.1. The maximum atomic E-state index is 15.1. The Kier molecular flexibility index (Phi) is 6.03. The van der Waals surface area contributed by atoms with Crippen LogP contribution in [0, 0.1) is 0 Å². The lowest BCUT2D eigenvalue weighted by atomic mass is 9.89. The average Bonchev–Trinajstić information content (AvgIpc) is 3.66. The van der Waals surface area contributed by atoms with E-state index in [1.165, 1.54) is 5.56 Å². The third-order valence-electron chi connectivity index (χ3n) is 7.06. The van der Waals surface area contributed by atoms with Gasteiger partial charge in [0.2, 0.25) is 0 Å². The number of benzene rings is 2. The van der Waals surface area contributed by atoms with Crippen molar-refractivity contribution in [3.63, 3.8) is 0 Å². The summed E-state index contributed by atoms with van der Waals surface area (Å²) in [5, 5.41) is 0. The molecule has 0 bridgehead atoms. The standard InChI is InChI=1S/C27H35F2N/c1-20(2)30(19-14-22-8-5-4-6-9-22)21(3)12-13-23-24(26(28)15-16-26)10-7-11-25(23)27(29)17-18-27/h4-11,20-21H,12-19H2,1-3H3. The molecule has 162 valence electrons. The van der Waals surface area contributed by atoms with Crippen LogP contribution in [0.5, 0.6) is 0 Å². The number of halogens is 2. The fraction of sp³-hybridized carbons (Fsp3) is 0.556. The molecule has 2 aromatic carbocycles. The van der Waals surface area contributed by atoms with E-state index >= 15 is 8.78 Å². The normalized spacial score (nSPS) is 19.8. The second-order valence-corrected chi connectivity index (χ2v) is 9.72. The first-order valence-corrected chi connectivity index (χ1v) is 11.6. The second kappa shape index (κ2) is 8.42. The van der Waals surface area contributed by atoms with Gasteiger partial charge in [0.1, 0.15) is 11.3 Å². The number of rotatable bonds is 10. The summed E-state index contributed by atoms with van der Waals surface area (Å²) >= 11 is 0. The van der Waals surface area contributed by atoms with E-state index in [0.29, 0.717) is 37.8 Å². The van der Waals surface area contributed by atoms with Crippen LogP contribution in [0.4, 0.5) is 8.78 Å². The molecule has 0 saturated heterocycles. The van der Waals surface area contributed by atoms with Gasteiger partial charge in [0.05, 0.1) is 0 Å². The quantitative estimate of drug-likeness (QED) is 0.412. The molecule has 0 aliphatic heterocycles. The van der Waals surface area contributed by atoms with Gasteiger partial charge in [0.25, 0.3) is 0 Å². The lowest BCUT2D eigenvalue weighted by molar-refractivity contribution is 0.158. The molecule has 0 aromatic heterocycles. The Morgan fingerprint density at radius 2 is 1.37 bits per heavy atom. The molecule has 1 unspecified atom stereocenters. The molecule has 0 amide bonds. The lowest BCUT2D eigenvalue weighted by Gasteiger charge is -2.33. The maximum absolute atomic E-state index is 15.1. The number of nitrogens with zero attached hydrogens (tertiary/aromatic N) is 1. The lowest BCUT2D eigenvalue weighted by Crippen LogP contribution is -2.40. The minimum Gasteiger partial charge on any atom is -0.298 e. The SMILES string of the molecule is CC(C)N(CCc1ccccc1)C(C)CCc1c(C2(F)CC2)cccc1C1(F)CC1. The van der Waals surface area contributed by atoms with E-state index in [-0.39, 0.29) is 0 Å². The summed E-state index contributed by atoms with van der Waals surface area (Å²) in [7, 11) is 0. The van der Waals surface area contributed by atoms with Crippen molar-refractivity contribution in [2.45, 2.75) is 89.1 Å². The molecule has 2 aliphatic rings. The molecule has 0 N–H and O–H groups in total. The molecular weight excluding hydrogens is 376 g/mol. The van der Waals surface area contributed by atoms with Gasteiger partial charge in [-0.1, -0.05) is 48.5 Å². The molecule has 0 spiro atoms. The van der Waals surface area contributed by atoms with E-state index in [2.05, 4.69) is 56.0 Å². The number of hydrogen-bond donors (Lipinski definition) is 0. The molecule has 2 aliphatic carbocycles. The summed E-state index contributed by atoms with van der Waals surface area (Å²) in [6, 6.07) is 17.0. The molecule has 2 fully saturated rings. The molecule has 2 aromatic rings. The van der Waals surface area contributed by atoms with Crippen LogP contribution in [0.25, 0.3) is 0 Å². The molecule has 0 heterocycles. The van der Waals surface area contributed by atoms with Gasteiger partial charge in [-0.05, 0) is 88.0 Å². The van der Waals surface area contributed by atoms with Gasteiger partial charge < -0.3 is 0 Å². The third-order valence-corrected chi connectivity index (χ3v) is 7.06. The summed E-state index contributed by atoms with van der Waals surface area (Å²) in [5.41, 5.74) is 1.39. The Morgan fingerprint density at radius 1 is 0.800 bits per heavy atom. The van der Waals surface area contributed by atoms with Gasteiger partial charge >= 0.3 is 0 Å². The smallest absolute Gasteiger partial charge is 0.136 e. The van der Waals surface area contributed by atoms with Gasteiger partial charge in [-0.3, -0.25) is 4.90 Å². The van der Waals surface area contributed by atoms with Crippen LogP contribution < -0.4 is 0 Å². The van der Waals surface area contributed by atoms with Crippen LogP contribution in [-0.2, 0) is 24.2 Å². The molecule has 1 nitrogen and oxygen atoms in total. The van der Waals surface area contributed by atoms with Crippen molar-refractivity contribution in [1.29, 1.82) is 0 Å². The Morgan fingerprint density at radius 3 is 1.87 bits per heavy atom. The Bertz CT molecular complexity index is 816. The van der Waals surface area contributed by atoms with Crippen LogP contribution in [-0.4, -0.2) is 23.5 Å². The topological polar surface area (TPSA) is 3.24 Å². The van der Waals surface area contributed by atoms with E-state index in [9.17, 15) is 0 Å². The molecular formula is C27H35F2N. The summed E-state index contributed by atoms with van der Waals surface area (Å²) in [6.45, 7) is 7.74. The Hall–Kier alpha value is -1.74. The van der Waals surface area contributed by atoms with Gasteiger partial charge in [0, 0.05) is 18.6 Å². The molecule has 2 saturated carbocycles. The van der Waals surface area contributed by atoms with Gasteiger partial charge in [0.15, 0.2) is 0 Å². The predicted octanol–water partition coefficient (Wildman–Crippen LogP) is 6.88. The van der Waals surface area contributed by atoms with Crippen molar-refractivity contribution in [3.8, 4) is 0 Å². The monoisotopic (exact) mass is 411 g/mol. The zero-order chi connectivity index (χ0) is 21.4. The van der Waals surface area contributed by atoms with Crippen molar-refractivity contribution in [1.82, 2.24) is 4.90 Å². The number of hydrogen-bond acceptors (Lipinski definition) is 1. The minimum atomic E-state index is -1.22. The van der Waals surface area contributed by atoms with Gasteiger partial charge in [-0.15, -0.1) is 0 Å². The number of alkyl halides is 2. The van der Waals surface area contributed by atoms with Crippen molar-refractivity contribution >= 4 is 0 Å². The van der Waals surface area contributed by atoms with Crippen molar-refractivity contribution < 1.29 is 8.78 Å². The highest BCUT2D eigenvalue weighted by Gasteiger charge is 2.50. The molecule has 30 heavy (non-hydrogen) atoms. The van der Waals surface area contributed by atoms with Crippen molar-refractivity contribution in [2.75, 3.05) is 6.54 Å². The van der Waals surface area contributed by atoms with Crippen LogP contribution >= 0.6 is 0 Å². The Labute approximate surface area is 180 Å². The van der Waals surface area contributed by atoms with Crippen LogP contribution in [0.2, 0.25) is 0 Å². The summed E-state index contributed by atoms with van der Waals surface area (Å²) in [4.78, 5) is 2.53. The van der Waals surface area contributed by atoms with Gasteiger partial charge in [-0.25, -0.2) is 8.78 Å². The minimum absolute atomic E-state index is 0.360. The third kappa shape index (κ3) is 4.61. The fourth-order valence-electron chi connectivity index (χ4n) is 4.86. The first kappa shape index (κ1) is 21.5. The van der Waals surface area contributed by atoms with E-state index in [4.69, 9.17) is 0 Å².